The number of carbonyl (C=O) groups excluding carboxylic acids is 1. The van der Waals surface area contributed by atoms with E-state index in [1.807, 2.05) is 6.07 Å². The summed E-state index contributed by atoms with van der Waals surface area (Å²) in [4.78, 5) is 11.2. The number of hydrogen-bond donors (Lipinski definition) is 2. The zero-order valence-electron chi connectivity index (χ0n) is 11.8. The summed E-state index contributed by atoms with van der Waals surface area (Å²) in [6, 6.07) is 12.2. The molecule has 0 heterocycles. The number of halogens is 1. The molecule has 1 aliphatic rings. The van der Waals surface area contributed by atoms with Gasteiger partial charge in [-0.3, -0.25) is 4.79 Å². The van der Waals surface area contributed by atoms with E-state index in [0.29, 0.717) is 10.6 Å². The molecule has 2 aromatic carbocycles. The van der Waals surface area contributed by atoms with E-state index in [-0.39, 0.29) is 6.04 Å². The molecule has 0 fully saturated rings. The van der Waals surface area contributed by atoms with Crippen molar-refractivity contribution < 1.29 is 4.79 Å². The summed E-state index contributed by atoms with van der Waals surface area (Å²) < 4.78 is 0. The molecule has 0 aliphatic heterocycles. The van der Waals surface area contributed by atoms with Gasteiger partial charge in [0, 0.05) is 5.69 Å². The van der Waals surface area contributed by atoms with Crippen LogP contribution in [0, 0.1) is 6.92 Å². The molecule has 108 valence electrons. The normalized spacial score (nSPS) is 16.6. The Morgan fingerprint density at radius 3 is 2.81 bits per heavy atom. The van der Waals surface area contributed by atoms with Gasteiger partial charge in [-0.25, -0.2) is 0 Å². The minimum Gasteiger partial charge on any atom is -0.378 e. The molecule has 21 heavy (non-hydrogen) atoms. The van der Waals surface area contributed by atoms with Crippen molar-refractivity contribution in [3.05, 3.63) is 63.7 Å². The maximum atomic E-state index is 11.2. The van der Waals surface area contributed by atoms with Crippen LogP contribution in [0.2, 0.25) is 5.02 Å². The van der Waals surface area contributed by atoms with Crippen LogP contribution in [-0.2, 0) is 6.42 Å². The fourth-order valence-corrected chi connectivity index (χ4v) is 3.15. The zero-order chi connectivity index (χ0) is 15.0. The molecular weight excluding hydrogens is 284 g/mol. The van der Waals surface area contributed by atoms with Gasteiger partial charge in [-0.05, 0) is 49.1 Å². The Kier molecular flexibility index (Phi) is 3.60. The van der Waals surface area contributed by atoms with Gasteiger partial charge in [-0.2, -0.15) is 0 Å². The molecule has 0 radical (unpaired) electrons. The maximum Gasteiger partial charge on any atom is 0.250 e. The van der Waals surface area contributed by atoms with Crippen molar-refractivity contribution in [3.63, 3.8) is 0 Å². The molecule has 0 bridgehead atoms. The molecule has 1 amide bonds. The molecule has 1 atom stereocenters. The second-order valence-corrected chi connectivity index (χ2v) is 5.90. The Bertz CT molecular complexity index is 712. The number of primary amides is 1. The summed E-state index contributed by atoms with van der Waals surface area (Å²) in [7, 11) is 0. The van der Waals surface area contributed by atoms with Crippen molar-refractivity contribution in [3.8, 4) is 0 Å². The minimum atomic E-state index is -0.506. The highest BCUT2D eigenvalue weighted by atomic mass is 35.5. The third-order valence-corrected chi connectivity index (χ3v) is 4.27. The van der Waals surface area contributed by atoms with Crippen LogP contribution >= 0.6 is 11.6 Å². The summed E-state index contributed by atoms with van der Waals surface area (Å²) in [5, 5.41) is 3.88. The lowest BCUT2D eigenvalue weighted by Crippen LogP contribution is -2.12. The van der Waals surface area contributed by atoms with Crippen LogP contribution in [0.3, 0.4) is 0 Å². The first-order chi connectivity index (χ1) is 10.0. The number of fused-ring (bicyclic) bond motifs is 1. The predicted octanol–water partition coefficient (Wildman–Crippen LogP) is 3.85. The molecule has 0 aromatic heterocycles. The number of amides is 1. The van der Waals surface area contributed by atoms with Gasteiger partial charge in [-0.1, -0.05) is 35.4 Å². The summed E-state index contributed by atoms with van der Waals surface area (Å²) >= 11 is 6.09. The molecule has 0 saturated carbocycles. The first-order valence-electron chi connectivity index (χ1n) is 7.00. The van der Waals surface area contributed by atoms with E-state index >= 15 is 0 Å². The van der Waals surface area contributed by atoms with Gasteiger partial charge < -0.3 is 11.1 Å². The second-order valence-electron chi connectivity index (χ2n) is 5.50. The Balaban J connectivity index is 1.85. The van der Waals surface area contributed by atoms with Gasteiger partial charge in [0.15, 0.2) is 0 Å². The van der Waals surface area contributed by atoms with Crippen LogP contribution in [0.1, 0.15) is 39.5 Å². The summed E-state index contributed by atoms with van der Waals surface area (Å²) in [5.74, 6) is -0.506. The number of carbonyl (C=O) groups is 1. The van der Waals surface area contributed by atoms with Gasteiger partial charge in [-0.15, -0.1) is 0 Å². The molecule has 3 N–H and O–H groups in total. The van der Waals surface area contributed by atoms with Crippen molar-refractivity contribution in [2.75, 3.05) is 5.32 Å². The van der Waals surface area contributed by atoms with Gasteiger partial charge in [0.05, 0.1) is 16.6 Å². The quantitative estimate of drug-likeness (QED) is 0.904. The lowest BCUT2D eigenvalue weighted by molar-refractivity contribution is 0.100. The lowest BCUT2D eigenvalue weighted by atomic mass is 10.0. The number of hydrogen-bond acceptors (Lipinski definition) is 2. The third kappa shape index (κ3) is 2.74. The van der Waals surface area contributed by atoms with Gasteiger partial charge in [0.1, 0.15) is 0 Å². The number of nitrogens with two attached hydrogens (primary N) is 1. The van der Waals surface area contributed by atoms with Crippen LogP contribution in [0.25, 0.3) is 0 Å². The number of anilines is 1. The van der Waals surface area contributed by atoms with Gasteiger partial charge in [0.2, 0.25) is 5.91 Å². The van der Waals surface area contributed by atoms with E-state index in [0.717, 1.165) is 18.5 Å². The average Bonchev–Trinajstić information content (AvgIpc) is 2.81. The van der Waals surface area contributed by atoms with E-state index in [2.05, 4.69) is 30.4 Å². The molecule has 1 aliphatic carbocycles. The number of nitrogens with one attached hydrogen (secondary N) is 1. The Hall–Kier alpha value is -2.00. The van der Waals surface area contributed by atoms with Crippen molar-refractivity contribution in [1.82, 2.24) is 0 Å². The first-order valence-corrected chi connectivity index (χ1v) is 7.37. The smallest absolute Gasteiger partial charge is 0.250 e. The van der Waals surface area contributed by atoms with Crippen molar-refractivity contribution in [2.45, 2.75) is 25.8 Å². The Labute approximate surface area is 129 Å². The summed E-state index contributed by atoms with van der Waals surface area (Å²) in [6.07, 6.45) is 2.15. The van der Waals surface area contributed by atoms with E-state index in [4.69, 9.17) is 17.3 Å². The van der Waals surface area contributed by atoms with Crippen LogP contribution in [0.15, 0.2) is 36.4 Å². The van der Waals surface area contributed by atoms with Gasteiger partial charge in [0.25, 0.3) is 0 Å². The fraction of sp³-hybridized carbons (Fsp3) is 0.235. The van der Waals surface area contributed by atoms with Crippen LogP contribution in [0.4, 0.5) is 5.69 Å². The third-order valence-electron chi connectivity index (χ3n) is 3.95. The van der Waals surface area contributed by atoms with Crippen LogP contribution in [0.5, 0.6) is 0 Å². The van der Waals surface area contributed by atoms with Crippen molar-refractivity contribution in [1.29, 1.82) is 0 Å². The monoisotopic (exact) mass is 300 g/mol. The van der Waals surface area contributed by atoms with E-state index in [1.54, 1.807) is 12.1 Å². The zero-order valence-corrected chi connectivity index (χ0v) is 12.6. The fourth-order valence-electron chi connectivity index (χ4n) is 2.88. The molecule has 2 aromatic rings. The highest BCUT2D eigenvalue weighted by Gasteiger charge is 2.22. The Morgan fingerprint density at radius 2 is 2.10 bits per heavy atom. The Morgan fingerprint density at radius 1 is 1.29 bits per heavy atom. The maximum absolute atomic E-state index is 11.2. The number of aryl methyl sites for hydroxylation is 2. The topological polar surface area (TPSA) is 55.1 Å². The van der Waals surface area contributed by atoms with Crippen molar-refractivity contribution >= 4 is 23.2 Å². The predicted molar refractivity (Wildman–Crippen MR) is 85.8 cm³/mol. The van der Waals surface area contributed by atoms with Gasteiger partial charge >= 0.3 is 0 Å². The molecule has 3 nitrogen and oxygen atoms in total. The molecular formula is C17H17ClN2O. The van der Waals surface area contributed by atoms with Crippen LogP contribution < -0.4 is 11.1 Å². The highest BCUT2D eigenvalue weighted by molar-refractivity contribution is 6.34. The standard InChI is InChI=1S/C17H17ClN2O/c1-10-2-3-11-4-7-16(14(11)8-10)20-12-5-6-13(17(19)21)15(18)9-12/h2-3,5-6,8-9,16,20H,4,7H2,1H3,(H2,19,21). The van der Waals surface area contributed by atoms with E-state index < -0.39 is 5.91 Å². The largest absolute Gasteiger partial charge is 0.378 e. The number of benzene rings is 2. The lowest BCUT2D eigenvalue weighted by Gasteiger charge is -2.16. The van der Waals surface area contributed by atoms with Crippen LogP contribution in [-0.4, -0.2) is 5.91 Å². The first kappa shape index (κ1) is 14.0. The molecule has 4 heteroatoms. The highest BCUT2D eigenvalue weighted by Crippen LogP contribution is 2.35. The minimum absolute atomic E-state index is 0.287. The average molecular weight is 301 g/mol. The summed E-state index contributed by atoms with van der Waals surface area (Å²) in [5.41, 5.74) is 10.5. The molecule has 3 rings (SSSR count). The van der Waals surface area contributed by atoms with E-state index in [9.17, 15) is 4.79 Å². The number of rotatable bonds is 3. The SMILES string of the molecule is Cc1ccc2c(c1)C(Nc1ccc(C(N)=O)c(Cl)c1)CC2. The van der Waals surface area contributed by atoms with E-state index in [1.165, 1.54) is 16.7 Å². The summed E-state index contributed by atoms with van der Waals surface area (Å²) in [6.45, 7) is 2.11. The molecule has 1 unspecified atom stereocenters. The second kappa shape index (κ2) is 5.41. The molecule has 0 saturated heterocycles. The molecule has 0 spiro atoms. The van der Waals surface area contributed by atoms with Crippen molar-refractivity contribution in [2.24, 2.45) is 5.73 Å².